The predicted octanol–water partition coefficient (Wildman–Crippen LogP) is 0.854. The van der Waals surface area contributed by atoms with Gasteiger partial charge in [0.2, 0.25) is 0 Å². The molecule has 0 aliphatic heterocycles. The molecule has 5 N–H and O–H groups in total. The molecule has 114 valence electrons. The van der Waals surface area contributed by atoms with Crippen LogP contribution in [-0.2, 0) is 0 Å². The average Bonchev–Trinajstić information content (AvgIpc) is 2.49. The fourth-order valence-electron chi connectivity index (χ4n) is 2.17. The van der Waals surface area contributed by atoms with Gasteiger partial charge in [-0.2, -0.15) is 10.2 Å². The zero-order valence-corrected chi connectivity index (χ0v) is 12.0. The second-order valence-electron chi connectivity index (χ2n) is 4.62. The molecule has 0 radical (unpaired) electrons. The SMILES string of the molecule is Cc1nnc(C)c(-c2ccc(N)c([N+](=O)[O-])c2)c1C(=O)NN. The molecule has 1 aromatic carbocycles. The Morgan fingerprint density at radius 2 is 1.91 bits per heavy atom. The van der Waals surface area contributed by atoms with Crippen LogP contribution in [0.4, 0.5) is 11.4 Å². The summed E-state index contributed by atoms with van der Waals surface area (Å²) < 4.78 is 0. The predicted molar refractivity (Wildman–Crippen MR) is 79.7 cm³/mol. The standard InChI is InChI=1S/C13H14N6O3/c1-6-11(12(13(20)16-15)7(2)18-17-6)8-3-4-9(14)10(5-8)19(21)22/h3-5H,14-15H2,1-2H3,(H,16,20). The molecule has 2 rings (SSSR count). The number of nitro benzene ring substituents is 1. The van der Waals surface area contributed by atoms with Crippen molar-refractivity contribution in [3.8, 4) is 11.1 Å². The van der Waals surface area contributed by atoms with E-state index in [0.29, 0.717) is 22.5 Å². The maximum absolute atomic E-state index is 12.0. The van der Waals surface area contributed by atoms with Crippen molar-refractivity contribution >= 4 is 17.3 Å². The van der Waals surface area contributed by atoms with Crippen molar-refractivity contribution in [2.75, 3.05) is 5.73 Å². The van der Waals surface area contributed by atoms with Crippen molar-refractivity contribution in [1.82, 2.24) is 15.6 Å². The van der Waals surface area contributed by atoms with Crippen LogP contribution in [0.2, 0.25) is 0 Å². The van der Waals surface area contributed by atoms with Crippen molar-refractivity contribution < 1.29 is 9.72 Å². The molecule has 1 heterocycles. The first kappa shape index (κ1) is 15.3. The third-order valence-corrected chi connectivity index (χ3v) is 3.20. The first-order chi connectivity index (χ1) is 10.4. The van der Waals surface area contributed by atoms with Gasteiger partial charge in [-0.05, 0) is 25.5 Å². The molecule has 0 spiro atoms. The van der Waals surface area contributed by atoms with Crippen molar-refractivity contribution in [1.29, 1.82) is 0 Å². The highest BCUT2D eigenvalue weighted by atomic mass is 16.6. The van der Waals surface area contributed by atoms with E-state index >= 15 is 0 Å². The number of amides is 1. The fraction of sp³-hybridized carbons (Fsp3) is 0.154. The molecule has 0 aliphatic rings. The number of nitrogens with zero attached hydrogens (tertiary/aromatic N) is 3. The minimum absolute atomic E-state index is 0.0370. The molecule has 1 aromatic heterocycles. The van der Waals surface area contributed by atoms with E-state index in [1.807, 2.05) is 5.43 Å². The van der Waals surface area contributed by atoms with Crippen molar-refractivity contribution in [3.63, 3.8) is 0 Å². The average molecular weight is 302 g/mol. The molecule has 1 amide bonds. The number of carbonyl (C=O) groups is 1. The van der Waals surface area contributed by atoms with E-state index in [2.05, 4.69) is 10.2 Å². The van der Waals surface area contributed by atoms with Gasteiger partial charge in [-0.15, -0.1) is 0 Å². The smallest absolute Gasteiger partial charge is 0.292 e. The zero-order chi connectivity index (χ0) is 16.4. The third kappa shape index (κ3) is 2.56. The number of hydrazine groups is 1. The highest BCUT2D eigenvalue weighted by Crippen LogP contribution is 2.32. The molecule has 0 bridgehead atoms. The number of aromatic nitrogens is 2. The van der Waals surface area contributed by atoms with E-state index in [9.17, 15) is 14.9 Å². The van der Waals surface area contributed by atoms with Crippen molar-refractivity contribution in [2.45, 2.75) is 13.8 Å². The Kier molecular flexibility index (Phi) is 4.00. The van der Waals surface area contributed by atoms with Crippen LogP contribution in [0.5, 0.6) is 0 Å². The molecule has 0 aliphatic carbocycles. The first-order valence-corrected chi connectivity index (χ1v) is 6.26. The Balaban J connectivity index is 2.77. The van der Waals surface area contributed by atoms with Gasteiger partial charge in [-0.1, -0.05) is 6.07 Å². The summed E-state index contributed by atoms with van der Waals surface area (Å²) in [5.41, 5.74) is 9.32. The van der Waals surface area contributed by atoms with E-state index in [4.69, 9.17) is 11.6 Å². The number of hydrogen-bond acceptors (Lipinski definition) is 7. The Morgan fingerprint density at radius 1 is 1.27 bits per heavy atom. The number of carbonyl (C=O) groups excluding carboxylic acids is 1. The lowest BCUT2D eigenvalue weighted by Gasteiger charge is -2.13. The van der Waals surface area contributed by atoms with Crippen LogP contribution < -0.4 is 17.0 Å². The van der Waals surface area contributed by atoms with Gasteiger partial charge in [0.1, 0.15) is 5.69 Å². The summed E-state index contributed by atoms with van der Waals surface area (Å²) in [6, 6.07) is 4.29. The fourth-order valence-corrected chi connectivity index (χ4v) is 2.17. The summed E-state index contributed by atoms with van der Waals surface area (Å²) in [7, 11) is 0. The van der Waals surface area contributed by atoms with Crippen LogP contribution in [0.15, 0.2) is 18.2 Å². The molecule has 0 fully saturated rings. The summed E-state index contributed by atoms with van der Waals surface area (Å²) in [4.78, 5) is 22.4. The molecular weight excluding hydrogens is 288 g/mol. The lowest BCUT2D eigenvalue weighted by atomic mass is 9.96. The number of aryl methyl sites for hydroxylation is 2. The minimum Gasteiger partial charge on any atom is -0.393 e. The van der Waals surface area contributed by atoms with Gasteiger partial charge >= 0.3 is 0 Å². The Hall–Kier alpha value is -3.07. The van der Waals surface area contributed by atoms with Gasteiger partial charge in [0.25, 0.3) is 11.6 Å². The van der Waals surface area contributed by atoms with Gasteiger partial charge < -0.3 is 5.73 Å². The van der Waals surface area contributed by atoms with Crippen LogP contribution in [0, 0.1) is 24.0 Å². The second kappa shape index (κ2) is 5.74. The second-order valence-corrected chi connectivity index (χ2v) is 4.62. The maximum atomic E-state index is 12.0. The number of nitrogen functional groups attached to an aromatic ring is 2. The minimum atomic E-state index is -0.585. The summed E-state index contributed by atoms with van der Waals surface area (Å²) >= 11 is 0. The lowest BCUT2D eigenvalue weighted by Crippen LogP contribution is -2.31. The number of nitrogens with one attached hydrogen (secondary N) is 1. The summed E-state index contributed by atoms with van der Waals surface area (Å²) in [6.45, 7) is 3.25. The highest BCUT2D eigenvalue weighted by molar-refractivity contribution is 6.02. The zero-order valence-electron chi connectivity index (χ0n) is 12.0. The van der Waals surface area contributed by atoms with Crippen molar-refractivity contribution in [3.05, 3.63) is 45.3 Å². The maximum Gasteiger partial charge on any atom is 0.292 e. The molecule has 9 heteroatoms. The summed E-state index contributed by atoms with van der Waals surface area (Å²) in [5.74, 6) is 4.65. The highest BCUT2D eigenvalue weighted by Gasteiger charge is 2.22. The first-order valence-electron chi connectivity index (χ1n) is 6.26. The number of hydrogen-bond donors (Lipinski definition) is 3. The molecule has 0 saturated carbocycles. The van der Waals surface area contributed by atoms with Gasteiger partial charge in [-0.3, -0.25) is 20.3 Å². The molecule has 0 unspecified atom stereocenters. The van der Waals surface area contributed by atoms with Gasteiger partial charge in [0, 0.05) is 11.6 Å². The third-order valence-electron chi connectivity index (χ3n) is 3.20. The van der Waals surface area contributed by atoms with Crippen LogP contribution in [0.1, 0.15) is 21.7 Å². The van der Waals surface area contributed by atoms with Crippen LogP contribution in [0.25, 0.3) is 11.1 Å². The van der Waals surface area contributed by atoms with Gasteiger partial charge in [-0.25, -0.2) is 5.84 Å². The lowest BCUT2D eigenvalue weighted by molar-refractivity contribution is -0.383. The van der Waals surface area contributed by atoms with Crippen LogP contribution in [-0.4, -0.2) is 21.0 Å². The quantitative estimate of drug-likeness (QED) is 0.250. The Bertz CT molecular complexity index is 775. The monoisotopic (exact) mass is 302 g/mol. The molecule has 0 atom stereocenters. The molecular formula is C13H14N6O3. The number of anilines is 1. The Labute approximate surface area is 125 Å². The van der Waals surface area contributed by atoms with E-state index in [1.54, 1.807) is 19.9 Å². The van der Waals surface area contributed by atoms with Crippen LogP contribution >= 0.6 is 0 Å². The summed E-state index contributed by atoms with van der Waals surface area (Å²) in [5, 5.41) is 18.9. The molecule has 0 saturated heterocycles. The van der Waals surface area contributed by atoms with E-state index in [-0.39, 0.29) is 16.9 Å². The Morgan fingerprint density at radius 3 is 2.50 bits per heavy atom. The summed E-state index contributed by atoms with van der Waals surface area (Å²) in [6.07, 6.45) is 0. The van der Waals surface area contributed by atoms with E-state index < -0.39 is 10.8 Å². The van der Waals surface area contributed by atoms with E-state index in [1.165, 1.54) is 12.1 Å². The molecule has 9 nitrogen and oxygen atoms in total. The van der Waals surface area contributed by atoms with Crippen LogP contribution in [0.3, 0.4) is 0 Å². The normalized spacial score (nSPS) is 10.3. The van der Waals surface area contributed by atoms with Gasteiger partial charge in [0.05, 0.1) is 21.9 Å². The number of rotatable bonds is 3. The molecule has 2 aromatic rings. The topological polar surface area (TPSA) is 150 Å². The van der Waals surface area contributed by atoms with Gasteiger partial charge in [0.15, 0.2) is 0 Å². The largest absolute Gasteiger partial charge is 0.393 e. The number of nitrogens with two attached hydrogens (primary N) is 2. The molecule has 22 heavy (non-hydrogen) atoms. The van der Waals surface area contributed by atoms with Crippen molar-refractivity contribution in [2.24, 2.45) is 5.84 Å². The van der Waals surface area contributed by atoms with E-state index in [0.717, 1.165) is 0 Å². The number of benzene rings is 1. The number of nitro groups is 1.